The van der Waals surface area contributed by atoms with Crippen LogP contribution in [0.2, 0.25) is 0 Å². The molecule has 0 aromatic heterocycles. The van der Waals surface area contributed by atoms with Crippen molar-refractivity contribution in [2.45, 2.75) is 39.7 Å². The highest BCUT2D eigenvalue weighted by Gasteiger charge is 2.27. The maximum absolute atomic E-state index is 12.6. The van der Waals surface area contributed by atoms with Gasteiger partial charge in [0, 0.05) is 18.4 Å². The second-order valence-electron chi connectivity index (χ2n) is 7.22. The maximum atomic E-state index is 12.6. The SMILES string of the molecule is CC(C)(Cc1ccccc1)C(=O)NCc1ccc(OCCCC(=O)O)cc1. The highest BCUT2D eigenvalue weighted by molar-refractivity contribution is 5.82. The quantitative estimate of drug-likeness (QED) is 0.625. The van der Waals surface area contributed by atoms with Gasteiger partial charge in [-0.1, -0.05) is 56.3 Å². The van der Waals surface area contributed by atoms with E-state index in [4.69, 9.17) is 9.84 Å². The zero-order valence-electron chi connectivity index (χ0n) is 15.9. The number of aliphatic carboxylic acids is 1. The van der Waals surface area contributed by atoms with Gasteiger partial charge in [-0.05, 0) is 36.1 Å². The lowest BCUT2D eigenvalue weighted by Gasteiger charge is -2.23. The molecule has 0 atom stereocenters. The minimum Gasteiger partial charge on any atom is -0.494 e. The van der Waals surface area contributed by atoms with Gasteiger partial charge in [0.2, 0.25) is 5.91 Å². The number of hydrogen-bond acceptors (Lipinski definition) is 3. The van der Waals surface area contributed by atoms with E-state index in [1.165, 1.54) is 0 Å². The number of hydrogen-bond donors (Lipinski definition) is 2. The second-order valence-corrected chi connectivity index (χ2v) is 7.22. The van der Waals surface area contributed by atoms with Crippen LogP contribution in [-0.4, -0.2) is 23.6 Å². The van der Waals surface area contributed by atoms with Crippen LogP contribution in [0.4, 0.5) is 0 Å². The molecule has 0 saturated carbocycles. The molecule has 0 aliphatic rings. The highest BCUT2D eigenvalue weighted by atomic mass is 16.5. The normalized spacial score (nSPS) is 11.0. The van der Waals surface area contributed by atoms with Crippen LogP contribution in [0.1, 0.15) is 37.8 Å². The number of amides is 1. The summed E-state index contributed by atoms with van der Waals surface area (Å²) in [7, 11) is 0. The summed E-state index contributed by atoms with van der Waals surface area (Å²) in [6.45, 7) is 4.72. The number of nitrogens with one attached hydrogen (secondary N) is 1. The van der Waals surface area contributed by atoms with Gasteiger partial charge in [0.15, 0.2) is 0 Å². The predicted molar refractivity (Wildman–Crippen MR) is 105 cm³/mol. The van der Waals surface area contributed by atoms with Crippen molar-refractivity contribution in [3.05, 3.63) is 65.7 Å². The second kappa shape index (κ2) is 9.76. The van der Waals surface area contributed by atoms with E-state index in [2.05, 4.69) is 5.32 Å². The summed E-state index contributed by atoms with van der Waals surface area (Å²) in [4.78, 5) is 23.0. The Balaban J connectivity index is 1.79. The van der Waals surface area contributed by atoms with E-state index in [1.807, 2.05) is 68.4 Å². The van der Waals surface area contributed by atoms with Crippen molar-refractivity contribution in [2.24, 2.45) is 5.41 Å². The zero-order valence-corrected chi connectivity index (χ0v) is 15.9. The summed E-state index contributed by atoms with van der Waals surface area (Å²) in [5, 5.41) is 11.6. The first-order valence-corrected chi connectivity index (χ1v) is 9.12. The van der Waals surface area contributed by atoms with Crippen LogP contribution in [0, 0.1) is 5.41 Å². The third kappa shape index (κ3) is 7.13. The van der Waals surface area contributed by atoms with E-state index >= 15 is 0 Å². The van der Waals surface area contributed by atoms with Gasteiger partial charge in [0.1, 0.15) is 5.75 Å². The summed E-state index contributed by atoms with van der Waals surface area (Å²) >= 11 is 0. The van der Waals surface area contributed by atoms with Gasteiger partial charge < -0.3 is 15.2 Å². The molecular formula is C22H27NO4. The van der Waals surface area contributed by atoms with Gasteiger partial charge in [-0.2, -0.15) is 0 Å². The number of carboxylic acids is 1. The van der Waals surface area contributed by atoms with Crippen LogP contribution in [0.25, 0.3) is 0 Å². The van der Waals surface area contributed by atoms with Gasteiger partial charge in [0.25, 0.3) is 0 Å². The van der Waals surface area contributed by atoms with Gasteiger partial charge >= 0.3 is 5.97 Å². The summed E-state index contributed by atoms with van der Waals surface area (Å²) in [6.07, 6.45) is 1.26. The molecule has 2 aromatic rings. The van der Waals surface area contributed by atoms with E-state index < -0.39 is 11.4 Å². The maximum Gasteiger partial charge on any atom is 0.303 e. The molecule has 1 amide bonds. The number of carbonyl (C=O) groups is 2. The number of rotatable bonds is 10. The Labute approximate surface area is 160 Å². The van der Waals surface area contributed by atoms with E-state index in [-0.39, 0.29) is 12.3 Å². The van der Waals surface area contributed by atoms with E-state index in [1.54, 1.807) is 0 Å². The molecule has 0 fully saturated rings. The van der Waals surface area contributed by atoms with Crippen LogP contribution < -0.4 is 10.1 Å². The third-order valence-electron chi connectivity index (χ3n) is 4.28. The van der Waals surface area contributed by atoms with Gasteiger partial charge in [-0.3, -0.25) is 9.59 Å². The molecular weight excluding hydrogens is 342 g/mol. The molecule has 0 radical (unpaired) electrons. The molecule has 2 N–H and O–H groups in total. The number of carboxylic acid groups (broad SMARTS) is 1. The molecule has 5 nitrogen and oxygen atoms in total. The first kappa shape index (κ1) is 20.5. The number of carbonyl (C=O) groups excluding carboxylic acids is 1. The summed E-state index contributed by atoms with van der Waals surface area (Å²) in [6, 6.07) is 17.5. The van der Waals surface area contributed by atoms with E-state index in [0.29, 0.717) is 31.7 Å². The fraction of sp³-hybridized carbons (Fsp3) is 0.364. The Morgan fingerprint density at radius 1 is 1.00 bits per heavy atom. The van der Waals surface area contributed by atoms with E-state index in [9.17, 15) is 9.59 Å². The van der Waals surface area contributed by atoms with Gasteiger partial charge in [0.05, 0.1) is 6.61 Å². The Hall–Kier alpha value is -2.82. The summed E-state index contributed by atoms with van der Waals surface area (Å²) < 4.78 is 5.51. The molecule has 0 spiro atoms. The van der Waals surface area contributed by atoms with Crippen LogP contribution in [0.5, 0.6) is 5.75 Å². The number of ether oxygens (including phenoxy) is 1. The molecule has 2 aromatic carbocycles. The Bertz CT molecular complexity index is 739. The fourth-order valence-electron chi connectivity index (χ4n) is 2.73. The minimum atomic E-state index is -0.820. The molecule has 5 heteroatoms. The standard InChI is InChI=1S/C22H27NO4/c1-22(2,15-17-7-4-3-5-8-17)21(26)23-16-18-10-12-19(13-11-18)27-14-6-9-20(24)25/h3-5,7-8,10-13H,6,9,14-16H2,1-2H3,(H,23,26)(H,24,25). The van der Waals surface area contributed by atoms with Crippen LogP contribution in [-0.2, 0) is 22.6 Å². The highest BCUT2D eigenvalue weighted by Crippen LogP contribution is 2.22. The average molecular weight is 369 g/mol. The molecule has 144 valence electrons. The van der Waals surface area contributed by atoms with Crippen molar-refractivity contribution < 1.29 is 19.4 Å². The minimum absolute atomic E-state index is 0.0142. The smallest absolute Gasteiger partial charge is 0.303 e. The number of benzene rings is 2. The molecule has 27 heavy (non-hydrogen) atoms. The van der Waals surface area contributed by atoms with Crippen molar-refractivity contribution in [3.8, 4) is 5.75 Å². The predicted octanol–water partition coefficient (Wildman–Crippen LogP) is 3.82. The zero-order chi connectivity index (χ0) is 19.7. The first-order valence-electron chi connectivity index (χ1n) is 9.12. The molecule has 0 heterocycles. The van der Waals surface area contributed by atoms with Crippen molar-refractivity contribution >= 4 is 11.9 Å². The van der Waals surface area contributed by atoms with Crippen LogP contribution >= 0.6 is 0 Å². The fourth-order valence-corrected chi connectivity index (χ4v) is 2.73. The van der Waals surface area contributed by atoms with Crippen molar-refractivity contribution in [1.82, 2.24) is 5.32 Å². The Morgan fingerprint density at radius 3 is 2.30 bits per heavy atom. The topological polar surface area (TPSA) is 75.6 Å². The molecule has 2 rings (SSSR count). The van der Waals surface area contributed by atoms with E-state index in [0.717, 1.165) is 11.1 Å². The molecule has 0 aliphatic carbocycles. The average Bonchev–Trinajstić information content (AvgIpc) is 2.64. The lowest BCUT2D eigenvalue weighted by atomic mass is 9.85. The Kier molecular flexibility index (Phi) is 7.41. The van der Waals surface area contributed by atoms with Gasteiger partial charge in [-0.15, -0.1) is 0 Å². The lowest BCUT2D eigenvalue weighted by Crippen LogP contribution is -2.38. The molecule has 0 bridgehead atoms. The van der Waals surface area contributed by atoms with Crippen LogP contribution in [0.3, 0.4) is 0 Å². The molecule has 0 aliphatic heterocycles. The van der Waals surface area contributed by atoms with Crippen molar-refractivity contribution in [2.75, 3.05) is 6.61 Å². The third-order valence-corrected chi connectivity index (χ3v) is 4.28. The molecule has 0 saturated heterocycles. The van der Waals surface area contributed by atoms with Gasteiger partial charge in [-0.25, -0.2) is 0 Å². The van der Waals surface area contributed by atoms with Crippen molar-refractivity contribution in [3.63, 3.8) is 0 Å². The first-order chi connectivity index (χ1) is 12.9. The largest absolute Gasteiger partial charge is 0.494 e. The van der Waals surface area contributed by atoms with Crippen molar-refractivity contribution in [1.29, 1.82) is 0 Å². The lowest BCUT2D eigenvalue weighted by molar-refractivity contribution is -0.137. The summed E-state index contributed by atoms with van der Waals surface area (Å²) in [5.41, 5.74) is 1.63. The molecule has 0 unspecified atom stereocenters. The Morgan fingerprint density at radius 2 is 1.67 bits per heavy atom. The monoisotopic (exact) mass is 369 g/mol. The van der Waals surface area contributed by atoms with Crippen LogP contribution in [0.15, 0.2) is 54.6 Å². The summed E-state index contributed by atoms with van der Waals surface area (Å²) in [5.74, 6) is -0.111.